The molecule has 1 fully saturated rings. The van der Waals surface area contributed by atoms with E-state index in [4.69, 9.17) is 10.1 Å². The molecule has 1 aliphatic rings. The molecule has 0 spiro atoms. The van der Waals surface area contributed by atoms with Crippen LogP contribution in [0, 0.1) is 11.3 Å². The third-order valence-corrected chi connectivity index (χ3v) is 7.89. The van der Waals surface area contributed by atoms with Crippen LogP contribution in [0.1, 0.15) is 50.2 Å². The highest BCUT2D eigenvalue weighted by atomic mass is 32.2. The Hall–Kier alpha value is -3.18. The van der Waals surface area contributed by atoms with Gasteiger partial charge in [0.15, 0.2) is 5.78 Å². The molecule has 206 valence electrons. The molecule has 1 saturated carbocycles. The number of Topliss-reactive ketones (excluding diaryl/α,β-unsaturated/α-hetero) is 1. The number of hydrogen-bond acceptors (Lipinski definition) is 7. The van der Waals surface area contributed by atoms with Crippen LogP contribution in [0.4, 0.5) is 13.2 Å². The van der Waals surface area contributed by atoms with Crippen LogP contribution in [0.2, 0.25) is 0 Å². The number of hydrogen-bond donors (Lipinski definition) is 2. The fourth-order valence-electron chi connectivity index (χ4n) is 4.35. The number of aliphatic hydroxyl groups is 1. The normalized spacial score (nSPS) is 15.5. The minimum Gasteiger partial charge on any atom is -0.492 e. The molecule has 0 aromatic heterocycles. The lowest BCUT2D eigenvalue weighted by atomic mass is 9.96. The second kappa shape index (κ2) is 12.6. The Morgan fingerprint density at radius 2 is 1.89 bits per heavy atom. The topological polar surface area (TPSA) is 114 Å². The lowest BCUT2D eigenvalue weighted by Gasteiger charge is -2.15. The maximum absolute atomic E-state index is 13.2. The predicted molar refractivity (Wildman–Crippen MR) is 136 cm³/mol. The van der Waals surface area contributed by atoms with Crippen LogP contribution in [-0.2, 0) is 21.1 Å². The Balaban J connectivity index is 1.74. The number of aliphatic hydroxyl groups excluding tert-OH is 1. The van der Waals surface area contributed by atoms with Gasteiger partial charge in [-0.25, -0.2) is 8.42 Å². The van der Waals surface area contributed by atoms with Crippen molar-refractivity contribution in [2.45, 2.75) is 62.8 Å². The summed E-state index contributed by atoms with van der Waals surface area (Å²) >= 11 is 0. The first-order chi connectivity index (χ1) is 17.9. The number of ether oxygens (including phenoxy) is 2. The number of halogens is 3. The van der Waals surface area contributed by atoms with E-state index < -0.39 is 39.5 Å². The van der Waals surface area contributed by atoms with Gasteiger partial charge in [-0.3, -0.25) is 10.2 Å². The molecule has 38 heavy (non-hydrogen) atoms. The number of carbonyl (C=O) groups excluding carboxylic acids is 1. The molecule has 7 nitrogen and oxygen atoms in total. The van der Waals surface area contributed by atoms with Gasteiger partial charge in [0.25, 0.3) is 0 Å². The average molecular weight is 554 g/mol. The average Bonchev–Trinajstić information content (AvgIpc) is 3.38. The molecule has 2 N–H and O–H groups in total. The first-order valence-corrected chi connectivity index (χ1v) is 13.7. The van der Waals surface area contributed by atoms with Crippen molar-refractivity contribution < 1.29 is 41.0 Å². The molecular formula is C27H30F3NO6S. The van der Waals surface area contributed by atoms with Crippen LogP contribution in [0.5, 0.6) is 11.5 Å². The number of sulfone groups is 1. The zero-order chi connectivity index (χ0) is 27.9. The smallest absolute Gasteiger partial charge is 0.492 e. The summed E-state index contributed by atoms with van der Waals surface area (Å²) in [5.41, 5.74) is 0.710. The molecule has 0 aliphatic heterocycles. The van der Waals surface area contributed by atoms with E-state index in [0.29, 0.717) is 5.56 Å². The van der Waals surface area contributed by atoms with E-state index in [2.05, 4.69) is 4.74 Å². The van der Waals surface area contributed by atoms with Crippen molar-refractivity contribution in [3.63, 3.8) is 0 Å². The third-order valence-electron chi connectivity index (χ3n) is 6.18. The van der Waals surface area contributed by atoms with Crippen molar-refractivity contribution in [2.24, 2.45) is 5.92 Å². The number of benzene rings is 2. The van der Waals surface area contributed by atoms with Gasteiger partial charge in [-0.2, -0.15) is 0 Å². The molecule has 2 aromatic rings. The van der Waals surface area contributed by atoms with Crippen molar-refractivity contribution >= 4 is 26.7 Å². The Labute approximate surface area is 219 Å². The SMILES string of the molecule is CCOc1cc(/C=C/CC(=O)[C@@H](O)C2CCCC2)ccc1S(=O)(=O)C(=N)Cc1cccc(OC(F)(F)F)c1. The van der Waals surface area contributed by atoms with E-state index >= 15 is 0 Å². The molecule has 0 radical (unpaired) electrons. The van der Waals surface area contributed by atoms with Crippen molar-refractivity contribution in [1.82, 2.24) is 0 Å². The lowest BCUT2D eigenvalue weighted by molar-refractivity contribution is -0.274. The largest absolute Gasteiger partial charge is 0.573 e. The van der Waals surface area contributed by atoms with Gasteiger partial charge in [-0.05, 0) is 61.1 Å². The summed E-state index contributed by atoms with van der Waals surface area (Å²) in [5, 5.41) is 17.7. The van der Waals surface area contributed by atoms with Crippen LogP contribution in [0.3, 0.4) is 0 Å². The summed E-state index contributed by atoms with van der Waals surface area (Å²) < 4.78 is 73.2. The summed E-state index contributed by atoms with van der Waals surface area (Å²) in [6.07, 6.45) is 0.614. The fraction of sp³-hybridized carbons (Fsp3) is 0.407. The summed E-state index contributed by atoms with van der Waals surface area (Å²) in [6.45, 7) is 1.81. The van der Waals surface area contributed by atoms with E-state index in [1.54, 1.807) is 19.1 Å². The highest BCUT2D eigenvalue weighted by molar-refractivity contribution is 8.06. The zero-order valence-corrected chi connectivity index (χ0v) is 21.6. The maximum Gasteiger partial charge on any atom is 0.573 e. The van der Waals surface area contributed by atoms with Crippen LogP contribution < -0.4 is 9.47 Å². The second-order valence-electron chi connectivity index (χ2n) is 9.00. The molecule has 0 bridgehead atoms. The third kappa shape index (κ3) is 7.91. The standard InChI is InChI=1S/C27H30F3NO6S/c1-2-36-23-16-18(7-6-12-22(32)26(33)20-9-3-4-10-20)13-14-24(23)38(34,35)25(31)17-19-8-5-11-21(15-19)37-27(28,29)30/h5-8,11,13-16,20,26,31,33H,2-4,9-10,12,17H2,1H3/b7-6+,31-25?/t26-/m0/s1. The molecule has 1 atom stereocenters. The fourth-order valence-corrected chi connectivity index (χ4v) is 5.60. The Bertz CT molecular complexity index is 1280. The van der Waals surface area contributed by atoms with E-state index in [9.17, 15) is 31.5 Å². The van der Waals surface area contributed by atoms with Crippen molar-refractivity contribution in [2.75, 3.05) is 6.61 Å². The Morgan fingerprint density at radius 3 is 2.55 bits per heavy atom. The van der Waals surface area contributed by atoms with Crippen LogP contribution in [-0.4, -0.2) is 43.4 Å². The van der Waals surface area contributed by atoms with Crippen molar-refractivity contribution in [3.8, 4) is 11.5 Å². The molecule has 11 heteroatoms. The number of alkyl halides is 3. The van der Waals surface area contributed by atoms with Crippen LogP contribution in [0.15, 0.2) is 53.4 Å². The predicted octanol–water partition coefficient (Wildman–Crippen LogP) is 5.50. The van der Waals surface area contributed by atoms with Gasteiger partial charge in [-0.15, -0.1) is 13.2 Å². The molecular weight excluding hydrogens is 523 g/mol. The van der Waals surface area contributed by atoms with Crippen LogP contribution >= 0.6 is 0 Å². The number of rotatable bonds is 11. The monoisotopic (exact) mass is 553 g/mol. The second-order valence-corrected chi connectivity index (χ2v) is 10.9. The lowest BCUT2D eigenvalue weighted by Crippen LogP contribution is -2.27. The van der Waals surface area contributed by atoms with Gasteiger partial charge in [0.05, 0.1) is 6.61 Å². The first-order valence-electron chi connectivity index (χ1n) is 12.2. The zero-order valence-electron chi connectivity index (χ0n) is 20.8. The maximum atomic E-state index is 13.2. The molecule has 2 aromatic carbocycles. The van der Waals surface area contributed by atoms with Gasteiger partial charge in [-0.1, -0.05) is 43.2 Å². The minimum absolute atomic E-state index is 0.0000886. The summed E-state index contributed by atoms with van der Waals surface area (Å²) in [5.74, 6) is -0.776. The van der Waals surface area contributed by atoms with E-state index in [-0.39, 0.29) is 40.9 Å². The molecule has 0 saturated heterocycles. The number of carbonyl (C=O) groups is 1. The van der Waals surface area contributed by atoms with E-state index in [1.807, 2.05) is 0 Å². The summed E-state index contributed by atoms with van der Waals surface area (Å²) in [4.78, 5) is 12.0. The Morgan fingerprint density at radius 1 is 1.18 bits per heavy atom. The molecule has 1 aliphatic carbocycles. The van der Waals surface area contributed by atoms with Crippen molar-refractivity contribution in [1.29, 1.82) is 5.41 Å². The molecule has 0 heterocycles. The molecule has 0 amide bonds. The molecule has 0 unspecified atom stereocenters. The Kier molecular flexibility index (Phi) is 9.72. The first kappa shape index (κ1) is 29.4. The highest BCUT2D eigenvalue weighted by Crippen LogP contribution is 2.30. The summed E-state index contributed by atoms with van der Waals surface area (Å²) in [7, 11) is -4.33. The highest BCUT2D eigenvalue weighted by Gasteiger charge is 2.31. The number of ketones is 1. The van der Waals surface area contributed by atoms with Gasteiger partial charge < -0.3 is 14.6 Å². The quantitative estimate of drug-likeness (QED) is 0.281. The summed E-state index contributed by atoms with van der Waals surface area (Å²) in [6, 6.07) is 9.03. The van der Waals surface area contributed by atoms with Gasteiger partial charge >= 0.3 is 6.36 Å². The van der Waals surface area contributed by atoms with E-state index in [1.165, 1.54) is 30.3 Å². The van der Waals surface area contributed by atoms with Gasteiger partial charge in [0.1, 0.15) is 27.5 Å². The number of nitrogens with one attached hydrogen (secondary N) is 1. The van der Waals surface area contributed by atoms with Crippen molar-refractivity contribution in [3.05, 3.63) is 59.7 Å². The minimum atomic E-state index is -4.90. The van der Waals surface area contributed by atoms with Crippen LogP contribution in [0.25, 0.3) is 6.08 Å². The molecule has 3 rings (SSSR count). The van der Waals surface area contributed by atoms with Gasteiger partial charge in [0, 0.05) is 12.8 Å². The number of allylic oxidation sites excluding steroid dienone is 1. The van der Waals surface area contributed by atoms with E-state index in [0.717, 1.165) is 37.8 Å². The van der Waals surface area contributed by atoms with Gasteiger partial charge in [0.2, 0.25) is 9.84 Å².